The zero-order valence-corrected chi connectivity index (χ0v) is 13.1. The van der Waals surface area contributed by atoms with Crippen molar-refractivity contribution >= 4 is 22.7 Å². The number of nitrogens with two attached hydrogens (primary N) is 1. The maximum Gasteiger partial charge on any atom is 0.240 e. The summed E-state index contributed by atoms with van der Waals surface area (Å²) in [4.78, 5) is 33.8. The summed E-state index contributed by atoms with van der Waals surface area (Å²) in [5.74, 6) is -0.768. The number of imidazole rings is 1. The molecule has 0 aliphatic carbocycles. The van der Waals surface area contributed by atoms with E-state index in [0.29, 0.717) is 12.8 Å². The number of primary amides is 1. The van der Waals surface area contributed by atoms with Crippen molar-refractivity contribution in [3.8, 4) is 0 Å². The first kappa shape index (κ1) is 15.8. The molecule has 0 unspecified atom stereocenters. The zero-order chi connectivity index (χ0) is 16.9. The van der Waals surface area contributed by atoms with Crippen molar-refractivity contribution in [3.05, 3.63) is 54.2 Å². The molecule has 0 saturated carbocycles. The molecular weight excluding hydrogens is 306 g/mol. The van der Waals surface area contributed by atoms with Gasteiger partial charge in [-0.25, -0.2) is 4.98 Å². The fraction of sp³-hybridized carbons (Fsp3) is 0.235. The molecule has 0 bridgehead atoms. The second-order valence-corrected chi connectivity index (χ2v) is 5.65. The Labute approximate surface area is 138 Å². The molecule has 1 atom stereocenters. The van der Waals surface area contributed by atoms with Crippen LogP contribution in [0.1, 0.15) is 17.7 Å². The van der Waals surface area contributed by atoms with E-state index < -0.39 is 11.9 Å². The van der Waals surface area contributed by atoms with E-state index in [9.17, 15) is 9.59 Å². The average Bonchev–Trinajstić information content (AvgIpc) is 3.22. The number of aromatic amines is 2. The van der Waals surface area contributed by atoms with Crippen LogP contribution in [0.25, 0.3) is 10.9 Å². The SMILES string of the molecule is NC(=O)[C@H](Cc1c[nH]c2ccccc12)NC(=O)CCc1c[nH]cn1. The summed E-state index contributed by atoms with van der Waals surface area (Å²) in [6.07, 6.45) is 6.27. The summed E-state index contributed by atoms with van der Waals surface area (Å²) in [5.41, 5.74) is 8.19. The van der Waals surface area contributed by atoms with Crippen LogP contribution in [0.15, 0.2) is 43.0 Å². The second-order valence-electron chi connectivity index (χ2n) is 5.65. The van der Waals surface area contributed by atoms with Crippen molar-refractivity contribution in [1.82, 2.24) is 20.3 Å². The van der Waals surface area contributed by atoms with E-state index in [4.69, 9.17) is 5.73 Å². The monoisotopic (exact) mass is 325 g/mol. The number of carbonyl (C=O) groups excluding carboxylic acids is 2. The van der Waals surface area contributed by atoms with Crippen LogP contribution in [-0.2, 0) is 22.4 Å². The van der Waals surface area contributed by atoms with Gasteiger partial charge >= 0.3 is 0 Å². The maximum absolute atomic E-state index is 12.1. The Morgan fingerprint density at radius 1 is 1.25 bits per heavy atom. The quantitative estimate of drug-likeness (QED) is 0.520. The van der Waals surface area contributed by atoms with Gasteiger partial charge in [0.25, 0.3) is 0 Å². The number of aromatic nitrogens is 3. The Bertz CT molecular complexity index is 838. The Kier molecular flexibility index (Phi) is 4.60. The topological polar surface area (TPSA) is 117 Å². The highest BCUT2D eigenvalue weighted by molar-refractivity contribution is 5.88. The molecular formula is C17H19N5O2. The van der Waals surface area contributed by atoms with Crippen LogP contribution in [0.3, 0.4) is 0 Å². The molecule has 0 saturated heterocycles. The Hall–Kier alpha value is -3.09. The Morgan fingerprint density at radius 3 is 2.83 bits per heavy atom. The number of fused-ring (bicyclic) bond motifs is 1. The normalized spacial score (nSPS) is 12.2. The van der Waals surface area contributed by atoms with Crippen molar-refractivity contribution in [2.45, 2.75) is 25.3 Å². The van der Waals surface area contributed by atoms with Crippen LogP contribution in [0, 0.1) is 0 Å². The summed E-state index contributed by atoms with van der Waals surface area (Å²) in [5, 5.41) is 3.74. The third-order valence-corrected chi connectivity index (χ3v) is 3.94. The van der Waals surface area contributed by atoms with Crippen LogP contribution in [0.5, 0.6) is 0 Å². The highest BCUT2D eigenvalue weighted by atomic mass is 16.2. The van der Waals surface area contributed by atoms with E-state index in [1.807, 2.05) is 30.5 Å². The van der Waals surface area contributed by atoms with Crippen LogP contribution in [-0.4, -0.2) is 32.8 Å². The van der Waals surface area contributed by atoms with Gasteiger partial charge in [0.05, 0.1) is 12.0 Å². The number of hydrogen-bond donors (Lipinski definition) is 4. The lowest BCUT2D eigenvalue weighted by Crippen LogP contribution is -2.45. The highest BCUT2D eigenvalue weighted by Crippen LogP contribution is 2.19. The lowest BCUT2D eigenvalue weighted by molar-refractivity contribution is -0.127. The van der Waals surface area contributed by atoms with Gasteiger partial charge in [-0.05, 0) is 18.1 Å². The molecule has 3 aromatic rings. The van der Waals surface area contributed by atoms with E-state index in [0.717, 1.165) is 22.2 Å². The number of amides is 2. The van der Waals surface area contributed by atoms with E-state index >= 15 is 0 Å². The van der Waals surface area contributed by atoms with Crippen molar-refractivity contribution in [1.29, 1.82) is 0 Å². The molecule has 7 nitrogen and oxygen atoms in total. The molecule has 0 radical (unpaired) electrons. The third-order valence-electron chi connectivity index (χ3n) is 3.94. The molecule has 2 heterocycles. The fourth-order valence-corrected chi connectivity index (χ4v) is 2.68. The van der Waals surface area contributed by atoms with Crippen molar-refractivity contribution in [3.63, 3.8) is 0 Å². The van der Waals surface area contributed by atoms with Crippen molar-refractivity contribution < 1.29 is 9.59 Å². The number of benzene rings is 1. The van der Waals surface area contributed by atoms with Gasteiger partial charge < -0.3 is 21.0 Å². The summed E-state index contributed by atoms with van der Waals surface area (Å²) < 4.78 is 0. The molecule has 0 spiro atoms. The number of hydrogen-bond acceptors (Lipinski definition) is 3. The predicted octanol–water partition coefficient (Wildman–Crippen LogP) is 1.04. The first-order valence-corrected chi connectivity index (χ1v) is 7.75. The summed E-state index contributed by atoms with van der Waals surface area (Å²) in [6, 6.07) is 7.06. The maximum atomic E-state index is 12.1. The molecule has 1 aromatic carbocycles. The first-order chi connectivity index (χ1) is 11.6. The van der Waals surface area contributed by atoms with Crippen LogP contribution in [0.4, 0.5) is 0 Å². The van der Waals surface area contributed by atoms with E-state index in [1.165, 1.54) is 0 Å². The molecule has 124 valence electrons. The fourth-order valence-electron chi connectivity index (χ4n) is 2.68. The number of carbonyl (C=O) groups is 2. The average molecular weight is 325 g/mol. The van der Waals surface area contributed by atoms with Gasteiger partial charge in [0, 0.05) is 36.1 Å². The molecule has 2 amide bonds. The Morgan fingerprint density at radius 2 is 2.08 bits per heavy atom. The number of H-pyrrole nitrogens is 2. The van der Waals surface area contributed by atoms with Crippen LogP contribution in [0.2, 0.25) is 0 Å². The largest absolute Gasteiger partial charge is 0.368 e. The molecule has 7 heteroatoms. The minimum Gasteiger partial charge on any atom is -0.368 e. The van der Waals surface area contributed by atoms with Gasteiger partial charge in [-0.1, -0.05) is 18.2 Å². The Balaban J connectivity index is 1.64. The van der Waals surface area contributed by atoms with Crippen molar-refractivity contribution in [2.75, 3.05) is 0 Å². The molecule has 0 aliphatic heterocycles. The van der Waals surface area contributed by atoms with Gasteiger partial charge in [-0.2, -0.15) is 0 Å². The smallest absolute Gasteiger partial charge is 0.240 e. The summed E-state index contributed by atoms with van der Waals surface area (Å²) in [6.45, 7) is 0. The van der Waals surface area contributed by atoms with Gasteiger partial charge in [0.15, 0.2) is 0 Å². The minimum atomic E-state index is -0.740. The molecule has 2 aromatic heterocycles. The molecule has 5 N–H and O–H groups in total. The standard InChI is InChI=1S/C17H19N5O2/c18-17(24)15(22-16(23)6-5-12-9-19-10-21-12)7-11-8-20-14-4-2-1-3-13(11)14/h1-4,8-10,15,20H,5-7H2,(H2,18,24)(H,19,21)(H,22,23)/t15-/m0/s1. The van der Waals surface area contributed by atoms with Gasteiger partial charge in [-0.3, -0.25) is 9.59 Å². The van der Waals surface area contributed by atoms with E-state index in [-0.39, 0.29) is 12.3 Å². The van der Waals surface area contributed by atoms with Crippen LogP contribution >= 0.6 is 0 Å². The number of para-hydroxylation sites is 1. The molecule has 0 aliphatic rings. The van der Waals surface area contributed by atoms with Gasteiger partial charge in [-0.15, -0.1) is 0 Å². The molecule has 3 rings (SSSR count). The minimum absolute atomic E-state index is 0.221. The van der Waals surface area contributed by atoms with Gasteiger partial charge in [0.2, 0.25) is 11.8 Å². The summed E-state index contributed by atoms with van der Waals surface area (Å²) >= 11 is 0. The summed E-state index contributed by atoms with van der Waals surface area (Å²) in [7, 11) is 0. The van der Waals surface area contributed by atoms with Crippen molar-refractivity contribution in [2.24, 2.45) is 5.73 Å². The lowest BCUT2D eigenvalue weighted by atomic mass is 10.0. The number of nitrogens with zero attached hydrogens (tertiary/aromatic N) is 1. The van der Waals surface area contributed by atoms with Gasteiger partial charge in [0.1, 0.15) is 6.04 Å². The van der Waals surface area contributed by atoms with E-state index in [1.54, 1.807) is 12.5 Å². The third kappa shape index (κ3) is 3.62. The highest BCUT2D eigenvalue weighted by Gasteiger charge is 2.20. The zero-order valence-electron chi connectivity index (χ0n) is 13.1. The lowest BCUT2D eigenvalue weighted by Gasteiger charge is -2.15. The number of rotatable bonds is 7. The van der Waals surface area contributed by atoms with E-state index in [2.05, 4.69) is 20.3 Å². The number of aryl methyl sites for hydroxylation is 1. The second kappa shape index (κ2) is 6.99. The van der Waals surface area contributed by atoms with Crippen LogP contribution < -0.4 is 11.1 Å². The first-order valence-electron chi connectivity index (χ1n) is 7.75. The predicted molar refractivity (Wildman–Crippen MR) is 90.0 cm³/mol. The number of nitrogens with one attached hydrogen (secondary N) is 3. The molecule has 24 heavy (non-hydrogen) atoms. The molecule has 0 fully saturated rings.